The van der Waals surface area contributed by atoms with Crippen molar-refractivity contribution in [2.24, 2.45) is 0 Å². The monoisotopic (exact) mass is 439 g/mol. The maximum absolute atomic E-state index is 12.6. The molecule has 0 radical (unpaired) electrons. The van der Waals surface area contributed by atoms with Crippen LogP contribution in [0.4, 0.5) is 0 Å². The van der Waals surface area contributed by atoms with Crippen LogP contribution in [0.25, 0.3) is 0 Å². The zero-order valence-electron chi connectivity index (χ0n) is 18.9. The zero-order valence-corrected chi connectivity index (χ0v) is 18.9. The molecule has 1 aliphatic rings. The summed E-state index contributed by atoms with van der Waals surface area (Å²) >= 11 is 0. The predicted octanol–water partition coefficient (Wildman–Crippen LogP) is 2.75. The molecule has 9 nitrogen and oxygen atoms in total. The minimum atomic E-state index is -0.271. The number of amides is 1. The molecule has 0 bridgehead atoms. The standard InChI is InChI=1S/C23H29N5O4/c1-15(24-23(29)20-6-10-32-16(20)2)22-26-25-21-5-7-27(8-9-28(21)22)14-17-11-18(30-3)13-19(12-17)31-4/h6,10-13,15H,5,7-9,14H2,1-4H3,(H,24,29). The first kappa shape index (κ1) is 21.9. The van der Waals surface area contributed by atoms with Gasteiger partial charge >= 0.3 is 0 Å². The maximum Gasteiger partial charge on any atom is 0.255 e. The van der Waals surface area contributed by atoms with Gasteiger partial charge in [-0.3, -0.25) is 9.69 Å². The fourth-order valence-electron chi connectivity index (χ4n) is 4.04. The predicted molar refractivity (Wildman–Crippen MR) is 118 cm³/mol. The smallest absolute Gasteiger partial charge is 0.255 e. The number of methoxy groups -OCH3 is 2. The fraction of sp³-hybridized carbons (Fsp3) is 0.435. The Bertz CT molecular complexity index is 1070. The molecule has 1 N–H and O–H groups in total. The minimum absolute atomic E-state index is 0.177. The molecule has 0 saturated carbocycles. The Balaban J connectivity index is 1.43. The number of hydrogen-bond donors (Lipinski definition) is 1. The highest BCUT2D eigenvalue weighted by Crippen LogP contribution is 2.24. The highest BCUT2D eigenvalue weighted by atomic mass is 16.5. The van der Waals surface area contributed by atoms with Gasteiger partial charge in [0, 0.05) is 38.7 Å². The third kappa shape index (κ3) is 4.62. The number of hydrogen-bond acceptors (Lipinski definition) is 7. The van der Waals surface area contributed by atoms with E-state index in [2.05, 4.69) is 25.0 Å². The molecule has 1 aromatic carbocycles. The summed E-state index contributed by atoms with van der Waals surface area (Å²) in [4.78, 5) is 15.0. The Morgan fingerprint density at radius 3 is 2.56 bits per heavy atom. The molecule has 9 heteroatoms. The summed E-state index contributed by atoms with van der Waals surface area (Å²) in [6.07, 6.45) is 2.31. The number of nitrogens with zero attached hydrogens (tertiary/aromatic N) is 4. The highest BCUT2D eigenvalue weighted by molar-refractivity contribution is 5.95. The number of aryl methyl sites for hydroxylation is 1. The van der Waals surface area contributed by atoms with Crippen molar-refractivity contribution in [3.05, 3.63) is 59.1 Å². The van der Waals surface area contributed by atoms with Gasteiger partial charge in [-0.2, -0.15) is 0 Å². The third-order valence-corrected chi connectivity index (χ3v) is 5.80. The SMILES string of the molecule is COc1cc(CN2CCc3nnc(C(C)NC(=O)c4ccoc4C)n3CC2)cc(OC)c1. The van der Waals surface area contributed by atoms with Gasteiger partial charge in [0.25, 0.3) is 5.91 Å². The first-order chi connectivity index (χ1) is 15.5. The first-order valence-corrected chi connectivity index (χ1v) is 10.7. The molecule has 1 amide bonds. The van der Waals surface area contributed by atoms with E-state index in [0.29, 0.717) is 11.3 Å². The molecule has 1 atom stereocenters. The molecule has 1 aliphatic heterocycles. The van der Waals surface area contributed by atoms with Gasteiger partial charge < -0.3 is 23.8 Å². The van der Waals surface area contributed by atoms with E-state index in [9.17, 15) is 4.79 Å². The minimum Gasteiger partial charge on any atom is -0.497 e. The van der Waals surface area contributed by atoms with Gasteiger partial charge in [0.05, 0.1) is 32.1 Å². The molecule has 4 rings (SSSR count). The molecule has 2 aromatic heterocycles. The maximum atomic E-state index is 12.6. The summed E-state index contributed by atoms with van der Waals surface area (Å²) < 4.78 is 18.2. The number of benzene rings is 1. The van der Waals surface area contributed by atoms with Crippen LogP contribution >= 0.6 is 0 Å². The number of carbonyl (C=O) groups excluding carboxylic acids is 1. The van der Waals surface area contributed by atoms with E-state index >= 15 is 0 Å². The van der Waals surface area contributed by atoms with Crippen molar-refractivity contribution in [1.29, 1.82) is 0 Å². The van der Waals surface area contributed by atoms with Gasteiger partial charge in [0.15, 0.2) is 5.82 Å². The molecule has 170 valence electrons. The van der Waals surface area contributed by atoms with E-state index < -0.39 is 0 Å². The number of aromatic nitrogens is 3. The largest absolute Gasteiger partial charge is 0.497 e. The topological polar surface area (TPSA) is 94.6 Å². The van der Waals surface area contributed by atoms with E-state index in [1.165, 1.54) is 6.26 Å². The Hall–Kier alpha value is -3.33. The number of fused-ring (bicyclic) bond motifs is 1. The van der Waals surface area contributed by atoms with Crippen molar-refractivity contribution in [1.82, 2.24) is 25.0 Å². The van der Waals surface area contributed by atoms with Gasteiger partial charge in [-0.15, -0.1) is 10.2 Å². The van der Waals surface area contributed by atoms with Crippen LogP contribution in [-0.2, 0) is 19.5 Å². The molecule has 0 spiro atoms. The van der Waals surface area contributed by atoms with Crippen molar-refractivity contribution in [2.45, 2.75) is 39.4 Å². The summed E-state index contributed by atoms with van der Waals surface area (Å²) in [5, 5.41) is 11.8. The number of carbonyl (C=O) groups is 1. The van der Waals surface area contributed by atoms with Gasteiger partial charge in [0.1, 0.15) is 23.1 Å². The van der Waals surface area contributed by atoms with Crippen molar-refractivity contribution in [3.8, 4) is 11.5 Å². The Labute approximate surface area is 187 Å². The van der Waals surface area contributed by atoms with Crippen LogP contribution in [0.1, 0.15) is 46.3 Å². The number of rotatable bonds is 7. The number of ether oxygens (including phenoxy) is 2. The molecule has 32 heavy (non-hydrogen) atoms. The lowest BCUT2D eigenvalue weighted by atomic mass is 10.2. The zero-order chi connectivity index (χ0) is 22.7. The van der Waals surface area contributed by atoms with Crippen LogP contribution in [0.5, 0.6) is 11.5 Å². The summed E-state index contributed by atoms with van der Waals surface area (Å²) in [5.41, 5.74) is 1.67. The first-order valence-electron chi connectivity index (χ1n) is 10.7. The van der Waals surface area contributed by atoms with E-state index in [-0.39, 0.29) is 11.9 Å². The van der Waals surface area contributed by atoms with Crippen molar-refractivity contribution >= 4 is 5.91 Å². The van der Waals surface area contributed by atoms with Crippen LogP contribution in [0.15, 0.2) is 34.9 Å². The second-order valence-electron chi connectivity index (χ2n) is 7.96. The summed E-state index contributed by atoms with van der Waals surface area (Å²) in [5.74, 6) is 3.69. The van der Waals surface area contributed by atoms with Crippen LogP contribution in [0.2, 0.25) is 0 Å². The van der Waals surface area contributed by atoms with Crippen molar-refractivity contribution < 1.29 is 18.7 Å². The molecule has 0 aliphatic carbocycles. The highest BCUT2D eigenvalue weighted by Gasteiger charge is 2.24. The molecule has 1 unspecified atom stereocenters. The molecular weight excluding hydrogens is 410 g/mol. The van der Waals surface area contributed by atoms with E-state index in [4.69, 9.17) is 13.9 Å². The normalized spacial score (nSPS) is 15.0. The summed E-state index contributed by atoms with van der Waals surface area (Å²) in [6.45, 7) is 6.95. The average molecular weight is 440 g/mol. The van der Waals surface area contributed by atoms with Gasteiger partial charge in [-0.1, -0.05) is 0 Å². The van der Waals surface area contributed by atoms with Gasteiger partial charge in [0.2, 0.25) is 0 Å². The summed E-state index contributed by atoms with van der Waals surface area (Å²) in [7, 11) is 3.32. The lowest BCUT2D eigenvalue weighted by molar-refractivity contribution is 0.0936. The molecule has 3 aromatic rings. The van der Waals surface area contributed by atoms with E-state index in [1.54, 1.807) is 27.2 Å². The van der Waals surface area contributed by atoms with Gasteiger partial charge in [-0.25, -0.2) is 0 Å². The second-order valence-corrected chi connectivity index (χ2v) is 7.96. The molecule has 0 saturated heterocycles. The Kier molecular flexibility index (Phi) is 6.45. The molecule has 0 fully saturated rings. The van der Waals surface area contributed by atoms with Crippen molar-refractivity contribution in [3.63, 3.8) is 0 Å². The third-order valence-electron chi connectivity index (χ3n) is 5.80. The fourth-order valence-corrected chi connectivity index (χ4v) is 4.04. The Morgan fingerprint density at radius 2 is 1.91 bits per heavy atom. The average Bonchev–Trinajstić information content (AvgIpc) is 3.36. The van der Waals surface area contributed by atoms with Crippen LogP contribution in [-0.4, -0.2) is 52.9 Å². The van der Waals surface area contributed by atoms with Crippen LogP contribution < -0.4 is 14.8 Å². The van der Waals surface area contributed by atoms with Crippen molar-refractivity contribution in [2.75, 3.05) is 27.3 Å². The molecule has 3 heterocycles. The second kappa shape index (κ2) is 9.44. The Morgan fingerprint density at radius 1 is 1.16 bits per heavy atom. The quantitative estimate of drug-likeness (QED) is 0.605. The van der Waals surface area contributed by atoms with Gasteiger partial charge in [-0.05, 0) is 37.6 Å². The molecular formula is C23H29N5O4. The lowest BCUT2D eigenvalue weighted by Crippen LogP contribution is -2.30. The van der Waals surface area contributed by atoms with Crippen LogP contribution in [0, 0.1) is 6.92 Å². The summed E-state index contributed by atoms with van der Waals surface area (Å²) in [6, 6.07) is 7.35. The van der Waals surface area contributed by atoms with E-state index in [0.717, 1.165) is 61.3 Å². The van der Waals surface area contributed by atoms with E-state index in [1.807, 2.05) is 25.1 Å². The number of nitrogens with one attached hydrogen (secondary N) is 1. The lowest BCUT2D eigenvalue weighted by Gasteiger charge is -2.21. The number of furan rings is 1. The van der Waals surface area contributed by atoms with Crippen LogP contribution in [0.3, 0.4) is 0 Å².